The van der Waals surface area contributed by atoms with Crippen molar-refractivity contribution in [2.24, 2.45) is 0 Å². The molecule has 0 atom stereocenters. The van der Waals surface area contributed by atoms with Crippen LogP contribution in [0.5, 0.6) is 0 Å². The smallest absolute Gasteiger partial charge is 0.287 e. The van der Waals surface area contributed by atoms with Crippen LogP contribution in [0.25, 0.3) is 0 Å². The average Bonchev–Trinajstić information content (AvgIpc) is 3.11. The van der Waals surface area contributed by atoms with Gasteiger partial charge in [0.25, 0.3) is 11.8 Å². The number of fused-ring (bicyclic) bond motifs is 1. The molecule has 1 aliphatic heterocycles. The lowest BCUT2D eigenvalue weighted by Crippen LogP contribution is -2.28. The first-order valence-electron chi connectivity index (χ1n) is 10.8. The van der Waals surface area contributed by atoms with E-state index < -0.39 is 0 Å². The number of rotatable bonds is 8. The molecular weight excluding hydrogens is 364 g/mol. The summed E-state index contributed by atoms with van der Waals surface area (Å²) < 4.78 is 1.93. The zero-order chi connectivity index (χ0) is 20.8. The number of amides is 2. The number of nitrogens with one attached hydrogen (secondary N) is 2. The lowest BCUT2D eigenvalue weighted by molar-refractivity contribution is 0.0937. The molecule has 6 heteroatoms. The Bertz CT molecular complexity index is 853. The molecule has 0 unspecified atom stereocenters. The third kappa shape index (κ3) is 5.05. The molecule has 1 aromatic carbocycles. The predicted molar refractivity (Wildman–Crippen MR) is 116 cm³/mol. The van der Waals surface area contributed by atoms with E-state index in [1.165, 1.54) is 5.56 Å². The minimum Gasteiger partial charge on any atom is -0.349 e. The van der Waals surface area contributed by atoms with Crippen LogP contribution < -0.4 is 10.6 Å². The largest absolute Gasteiger partial charge is 0.349 e. The second kappa shape index (κ2) is 9.72. The Balaban J connectivity index is 1.77. The molecule has 1 aromatic heterocycles. The predicted octanol–water partition coefficient (Wildman–Crippen LogP) is 4.52. The molecule has 3 rings (SSSR count). The van der Waals surface area contributed by atoms with E-state index in [1.54, 1.807) is 0 Å². The summed E-state index contributed by atoms with van der Waals surface area (Å²) in [4.78, 5) is 30.0. The molecule has 156 valence electrons. The van der Waals surface area contributed by atoms with Gasteiger partial charge in [0.2, 0.25) is 0 Å². The molecule has 0 aliphatic carbocycles. The number of hydrogen-bond donors (Lipinski definition) is 2. The van der Waals surface area contributed by atoms with Gasteiger partial charge in [-0.3, -0.25) is 9.59 Å². The van der Waals surface area contributed by atoms with Crippen LogP contribution in [0.15, 0.2) is 24.3 Å². The van der Waals surface area contributed by atoms with Gasteiger partial charge in [-0.2, -0.15) is 0 Å². The van der Waals surface area contributed by atoms with Gasteiger partial charge in [0.05, 0.1) is 5.69 Å². The standard InChI is InChI=1S/C23H32N4O2/c1-4-5-7-14-24-23(29)21-26-20(19-9-6-8-15-27(19)21)22(28)25-18-12-10-17(11-13-18)16(2)3/h10-13,16H,4-9,14-15H2,1-3H3,(H,24,29)(H,25,28). The summed E-state index contributed by atoms with van der Waals surface area (Å²) in [5.41, 5.74) is 3.20. The monoisotopic (exact) mass is 396 g/mol. The minimum absolute atomic E-state index is 0.190. The van der Waals surface area contributed by atoms with E-state index in [0.29, 0.717) is 24.0 Å². The van der Waals surface area contributed by atoms with Crippen LogP contribution in [-0.2, 0) is 13.0 Å². The van der Waals surface area contributed by atoms with E-state index in [9.17, 15) is 9.59 Å². The van der Waals surface area contributed by atoms with Gasteiger partial charge < -0.3 is 15.2 Å². The van der Waals surface area contributed by atoms with Crippen LogP contribution in [0.1, 0.15) is 91.2 Å². The van der Waals surface area contributed by atoms with Crippen LogP contribution in [0.4, 0.5) is 5.69 Å². The van der Waals surface area contributed by atoms with Crippen LogP contribution in [0.2, 0.25) is 0 Å². The van der Waals surface area contributed by atoms with Crippen molar-refractivity contribution in [3.8, 4) is 0 Å². The zero-order valence-electron chi connectivity index (χ0n) is 17.8. The molecule has 6 nitrogen and oxygen atoms in total. The average molecular weight is 397 g/mol. The molecule has 2 aromatic rings. The Hall–Kier alpha value is -2.63. The van der Waals surface area contributed by atoms with E-state index in [0.717, 1.165) is 56.5 Å². The van der Waals surface area contributed by atoms with Crippen molar-refractivity contribution in [2.45, 2.75) is 71.8 Å². The van der Waals surface area contributed by atoms with Gasteiger partial charge in [-0.1, -0.05) is 45.7 Å². The summed E-state index contributed by atoms with van der Waals surface area (Å²) in [5.74, 6) is 0.359. The van der Waals surface area contributed by atoms with Crippen molar-refractivity contribution in [3.05, 3.63) is 47.0 Å². The summed E-state index contributed by atoms with van der Waals surface area (Å²) in [7, 11) is 0. The fourth-order valence-corrected chi connectivity index (χ4v) is 3.70. The highest BCUT2D eigenvalue weighted by atomic mass is 16.2. The number of benzene rings is 1. The first-order chi connectivity index (χ1) is 14.0. The topological polar surface area (TPSA) is 76.0 Å². The maximum atomic E-state index is 12.9. The van der Waals surface area contributed by atoms with Gasteiger partial charge >= 0.3 is 0 Å². The van der Waals surface area contributed by atoms with E-state index in [1.807, 2.05) is 28.8 Å². The summed E-state index contributed by atoms with van der Waals surface area (Å²) in [6, 6.07) is 7.88. The molecule has 2 amide bonds. The number of carbonyl (C=O) groups excluding carboxylic acids is 2. The molecule has 0 saturated carbocycles. The molecule has 2 heterocycles. The lowest BCUT2D eigenvalue weighted by Gasteiger charge is -2.17. The highest BCUT2D eigenvalue weighted by Crippen LogP contribution is 2.23. The van der Waals surface area contributed by atoms with Crippen molar-refractivity contribution >= 4 is 17.5 Å². The van der Waals surface area contributed by atoms with Crippen LogP contribution in [0.3, 0.4) is 0 Å². The first-order valence-corrected chi connectivity index (χ1v) is 10.8. The maximum absolute atomic E-state index is 12.9. The zero-order valence-corrected chi connectivity index (χ0v) is 17.8. The van der Waals surface area contributed by atoms with E-state index in [2.05, 4.69) is 36.4 Å². The van der Waals surface area contributed by atoms with Crippen molar-refractivity contribution in [3.63, 3.8) is 0 Å². The number of unbranched alkanes of at least 4 members (excludes halogenated alkanes) is 2. The normalized spacial score (nSPS) is 13.2. The Morgan fingerprint density at radius 2 is 1.86 bits per heavy atom. The fraction of sp³-hybridized carbons (Fsp3) is 0.522. The SMILES string of the molecule is CCCCCNC(=O)c1nc(C(=O)Nc2ccc(C(C)C)cc2)c2n1CCCC2. The molecule has 0 radical (unpaired) electrons. The second-order valence-electron chi connectivity index (χ2n) is 8.03. The lowest BCUT2D eigenvalue weighted by atomic mass is 10.0. The van der Waals surface area contributed by atoms with Crippen molar-refractivity contribution in [2.75, 3.05) is 11.9 Å². The Labute approximate surface area is 173 Å². The second-order valence-corrected chi connectivity index (χ2v) is 8.03. The maximum Gasteiger partial charge on any atom is 0.287 e. The Morgan fingerprint density at radius 1 is 1.10 bits per heavy atom. The van der Waals surface area contributed by atoms with Crippen LogP contribution >= 0.6 is 0 Å². The third-order valence-electron chi connectivity index (χ3n) is 5.44. The number of anilines is 1. The molecule has 0 saturated heterocycles. The summed E-state index contributed by atoms with van der Waals surface area (Å²) in [6.07, 6.45) is 5.92. The van der Waals surface area contributed by atoms with Crippen molar-refractivity contribution in [1.29, 1.82) is 0 Å². The summed E-state index contributed by atoms with van der Waals surface area (Å²) in [5, 5.41) is 5.89. The van der Waals surface area contributed by atoms with E-state index in [4.69, 9.17) is 0 Å². The Morgan fingerprint density at radius 3 is 2.55 bits per heavy atom. The molecule has 1 aliphatic rings. The van der Waals surface area contributed by atoms with Crippen LogP contribution in [-0.4, -0.2) is 27.9 Å². The summed E-state index contributed by atoms with van der Waals surface area (Å²) >= 11 is 0. The van der Waals surface area contributed by atoms with Gasteiger partial charge in [-0.15, -0.1) is 0 Å². The number of aromatic nitrogens is 2. The van der Waals surface area contributed by atoms with Gasteiger partial charge in [0.1, 0.15) is 0 Å². The van der Waals surface area contributed by atoms with Gasteiger partial charge in [-0.05, 0) is 49.3 Å². The number of hydrogen-bond acceptors (Lipinski definition) is 3. The van der Waals surface area contributed by atoms with Gasteiger partial charge in [-0.25, -0.2) is 4.98 Å². The molecule has 0 bridgehead atoms. The molecular formula is C23H32N4O2. The molecule has 2 N–H and O–H groups in total. The fourth-order valence-electron chi connectivity index (χ4n) is 3.70. The Kier molecular flexibility index (Phi) is 7.07. The highest BCUT2D eigenvalue weighted by Gasteiger charge is 2.27. The third-order valence-corrected chi connectivity index (χ3v) is 5.44. The van der Waals surface area contributed by atoms with E-state index >= 15 is 0 Å². The van der Waals surface area contributed by atoms with Crippen molar-refractivity contribution < 1.29 is 9.59 Å². The number of carbonyl (C=O) groups is 2. The van der Waals surface area contributed by atoms with Gasteiger partial charge in [0.15, 0.2) is 11.5 Å². The van der Waals surface area contributed by atoms with E-state index in [-0.39, 0.29) is 11.8 Å². The molecule has 29 heavy (non-hydrogen) atoms. The van der Waals surface area contributed by atoms with Crippen molar-refractivity contribution in [1.82, 2.24) is 14.9 Å². The number of nitrogens with zero attached hydrogens (tertiary/aromatic N) is 2. The molecule has 0 spiro atoms. The number of imidazole rings is 1. The highest BCUT2D eigenvalue weighted by molar-refractivity contribution is 6.05. The summed E-state index contributed by atoms with van der Waals surface area (Å²) in [6.45, 7) is 7.78. The van der Waals surface area contributed by atoms with Crippen LogP contribution in [0, 0.1) is 0 Å². The quantitative estimate of drug-likeness (QED) is 0.644. The first kappa shape index (κ1) is 21.1. The van der Waals surface area contributed by atoms with Gasteiger partial charge in [0, 0.05) is 18.8 Å². The molecule has 0 fully saturated rings. The minimum atomic E-state index is -0.252.